The maximum Gasteiger partial charge on any atom is 0.238 e. The van der Waals surface area contributed by atoms with E-state index in [-0.39, 0.29) is 24.3 Å². The van der Waals surface area contributed by atoms with E-state index in [0.717, 1.165) is 30.6 Å². The van der Waals surface area contributed by atoms with Crippen LogP contribution in [0.1, 0.15) is 24.0 Å². The maximum absolute atomic E-state index is 12.5. The fourth-order valence-electron chi connectivity index (χ4n) is 3.31. The Balaban J connectivity index is 1.52. The third-order valence-corrected chi connectivity index (χ3v) is 5.24. The number of aryl methyl sites for hydroxylation is 2. The van der Waals surface area contributed by atoms with E-state index >= 15 is 0 Å². The molecule has 1 atom stereocenters. The number of amides is 2. The zero-order valence-electron chi connectivity index (χ0n) is 16.2. The largest absolute Gasteiger partial charge is 0.325 e. The van der Waals surface area contributed by atoms with E-state index in [1.807, 2.05) is 36.9 Å². The van der Waals surface area contributed by atoms with Crippen LogP contribution in [0.5, 0.6) is 0 Å². The molecule has 2 amide bonds. The summed E-state index contributed by atoms with van der Waals surface area (Å²) in [6.07, 6.45) is 3.18. The highest BCUT2D eigenvalue weighted by atomic mass is 35.5. The predicted octanol–water partition coefficient (Wildman–Crippen LogP) is 3.64. The number of carbonyl (C=O) groups excluding carboxylic acids is 2. The number of nitrogens with one attached hydrogen (secondary N) is 2. The zero-order valence-corrected chi connectivity index (χ0v) is 16.9. The molecule has 2 heterocycles. The zero-order chi connectivity index (χ0) is 20.1. The van der Waals surface area contributed by atoms with E-state index in [9.17, 15) is 9.59 Å². The van der Waals surface area contributed by atoms with Gasteiger partial charge in [-0.3, -0.25) is 14.5 Å². The summed E-state index contributed by atoms with van der Waals surface area (Å²) < 4.78 is 0. The number of carbonyl (C=O) groups is 2. The van der Waals surface area contributed by atoms with Gasteiger partial charge in [0.05, 0.1) is 17.5 Å². The van der Waals surface area contributed by atoms with Crippen molar-refractivity contribution < 1.29 is 9.59 Å². The number of piperidine rings is 1. The molecule has 1 aliphatic heterocycles. The minimum atomic E-state index is -0.166. The first kappa shape index (κ1) is 20.3. The molecule has 1 unspecified atom stereocenters. The lowest BCUT2D eigenvalue weighted by Gasteiger charge is -2.31. The van der Waals surface area contributed by atoms with Gasteiger partial charge in [0.15, 0.2) is 0 Å². The topological polar surface area (TPSA) is 74.3 Å². The summed E-state index contributed by atoms with van der Waals surface area (Å²) in [5, 5.41) is 6.30. The van der Waals surface area contributed by atoms with E-state index in [2.05, 4.69) is 15.6 Å². The van der Waals surface area contributed by atoms with Crippen LogP contribution in [0.3, 0.4) is 0 Å². The third kappa shape index (κ3) is 5.53. The fourth-order valence-corrected chi connectivity index (χ4v) is 3.43. The Labute approximate surface area is 170 Å². The fraction of sp³-hybridized carbons (Fsp3) is 0.381. The van der Waals surface area contributed by atoms with Gasteiger partial charge in [0.25, 0.3) is 0 Å². The monoisotopic (exact) mass is 400 g/mol. The van der Waals surface area contributed by atoms with Crippen molar-refractivity contribution in [2.24, 2.45) is 5.92 Å². The maximum atomic E-state index is 12.5. The summed E-state index contributed by atoms with van der Waals surface area (Å²) >= 11 is 5.82. The van der Waals surface area contributed by atoms with Crippen molar-refractivity contribution >= 4 is 34.9 Å². The van der Waals surface area contributed by atoms with E-state index in [0.29, 0.717) is 17.4 Å². The average molecular weight is 401 g/mol. The van der Waals surface area contributed by atoms with Crippen LogP contribution in [0.25, 0.3) is 0 Å². The Morgan fingerprint density at radius 3 is 2.71 bits per heavy atom. The van der Waals surface area contributed by atoms with Crippen LogP contribution in [-0.2, 0) is 9.59 Å². The predicted molar refractivity (Wildman–Crippen MR) is 112 cm³/mol. The molecule has 1 aromatic carbocycles. The molecule has 2 aromatic rings. The molecule has 0 spiro atoms. The van der Waals surface area contributed by atoms with Gasteiger partial charge in [0.2, 0.25) is 11.8 Å². The number of hydrogen-bond acceptors (Lipinski definition) is 4. The average Bonchev–Trinajstić information content (AvgIpc) is 2.66. The Hall–Kier alpha value is -2.44. The quantitative estimate of drug-likeness (QED) is 0.803. The van der Waals surface area contributed by atoms with Gasteiger partial charge in [-0.1, -0.05) is 17.7 Å². The van der Waals surface area contributed by atoms with Crippen LogP contribution in [0, 0.1) is 19.8 Å². The molecule has 7 heteroatoms. The molecule has 2 N–H and O–H groups in total. The first-order valence-corrected chi connectivity index (χ1v) is 9.80. The van der Waals surface area contributed by atoms with Crippen molar-refractivity contribution in [3.63, 3.8) is 0 Å². The summed E-state index contributed by atoms with van der Waals surface area (Å²) in [4.78, 5) is 31.1. The number of rotatable bonds is 5. The van der Waals surface area contributed by atoms with Crippen molar-refractivity contribution in [1.82, 2.24) is 9.88 Å². The van der Waals surface area contributed by atoms with Crippen molar-refractivity contribution in [2.75, 3.05) is 30.3 Å². The van der Waals surface area contributed by atoms with Crippen LogP contribution >= 0.6 is 11.6 Å². The van der Waals surface area contributed by atoms with Crippen molar-refractivity contribution in [3.05, 3.63) is 52.7 Å². The molecule has 3 rings (SSSR count). The second kappa shape index (κ2) is 9.17. The van der Waals surface area contributed by atoms with Crippen molar-refractivity contribution in [2.45, 2.75) is 26.7 Å². The number of pyridine rings is 1. The molecular formula is C21H25ClN4O2. The molecule has 1 aliphatic rings. The normalized spacial score (nSPS) is 17.2. The summed E-state index contributed by atoms with van der Waals surface area (Å²) in [6.45, 7) is 5.70. The smallest absolute Gasteiger partial charge is 0.238 e. The second-order valence-electron chi connectivity index (χ2n) is 7.27. The summed E-state index contributed by atoms with van der Waals surface area (Å²) in [6, 6.07) is 9.24. The molecule has 0 aliphatic carbocycles. The lowest BCUT2D eigenvalue weighted by Crippen LogP contribution is -2.44. The van der Waals surface area contributed by atoms with Gasteiger partial charge in [-0.2, -0.15) is 0 Å². The second-order valence-corrected chi connectivity index (χ2v) is 7.71. The molecular weight excluding hydrogens is 376 g/mol. The number of likely N-dealkylation sites (tertiary alicyclic amines) is 1. The Kier molecular flexibility index (Phi) is 6.65. The van der Waals surface area contributed by atoms with Gasteiger partial charge in [-0.25, -0.2) is 4.98 Å². The van der Waals surface area contributed by atoms with Crippen molar-refractivity contribution in [3.8, 4) is 0 Å². The number of benzene rings is 1. The van der Waals surface area contributed by atoms with Crippen LogP contribution < -0.4 is 10.6 Å². The minimum absolute atomic E-state index is 0.0660. The molecule has 1 aromatic heterocycles. The van der Waals surface area contributed by atoms with E-state index < -0.39 is 0 Å². The summed E-state index contributed by atoms with van der Waals surface area (Å²) in [7, 11) is 0. The highest BCUT2D eigenvalue weighted by Gasteiger charge is 2.27. The molecule has 148 valence electrons. The lowest BCUT2D eigenvalue weighted by molar-refractivity contribution is -0.123. The van der Waals surface area contributed by atoms with Gasteiger partial charge >= 0.3 is 0 Å². The number of aromatic nitrogens is 1. The Morgan fingerprint density at radius 1 is 1.18 bits per heavy atom. The minimum Gasteiger partial charge on any atom is -0.325 e. The van der Waals surface area contributed by atoms with Crippen LogP contribution in [-0.4, -0.2) is 41.3 Å². The molecule has 1 saturated heterocycles. The highest BCUT2D eigenvalue weighted by Crippen LogP contribution is 2.19. The number of nitrogens with zero attached hydrogens (tertiary/aromatic N) is 2. The Bertz CT molecular complexity index is 854. The van der Waals surface area contributed by atoms with Crippen LogP contribution in [0.15, 0.2) is 36.5 Å². The van der Waals surface area contributed by atoms with Gasteiger partial charge in [-0.15, -0.1) is 0 Å². The van der Waals surface area contributed by atoms with Gasteiger partial charge in [-0.05, 0) is 68.6 Å². The SMILES string of the molecule is Cc1ccc(NC(=O)CN2CCCC(C(=O)Nc3ccc(Cl)cn3)C2)cc1C. The molecule has 0 radical (unpaired) electrons. The molecule has 6 nitrogen and oxygen atoms in total. The van der Waals surface area contributed by atoms with E-state index in [4.69, 9.17) is 11.6 Å². The number of hydrogen-bond donors (Lipinski definition) is 2. The first-order valence-electron chi connectivity index (χ1n) is 9.42. The number of halogens is 1. The lowest BCUT2D eigenvalue weighted by atomic mass is 9.97. The molecule has 1 fully saturated rings. The van der Waals surface area contributed by atoms with Crippen LogP contribution in [0.2, 0.25) is 5.02 Å². The van der Waals surface area contributed by atoms with Gasteiger partial charge in [0, 0.05) is 18.4 Å². The summed E-state index contributed by atoms with van der Waals surface area (Å²) in [5.74, 6) is 0.178. The summed E-state index contributed by atoms with van der Waals surface area (Å²) in [5.41, 5.74) is 3.13. The van der Waals surface area contributed by atoms with Crippen molar-refractivity contribution in [1.29, 1.82) is 0 Å². The standard InChI is InChI=1S/C21H25ClN4O2/c1-14-5-7-18(10-15(14)2)24-20(27)13-26-9-3-4-16(12-26)21(28)25-19-8-6-17(22)11-23-19/h5-8,10-11,16H,3-4,9,12-13H2,1-2H3,(H,24,27)(H,23,25,28). The first-order chi connectivity index (χ1) is 13.4. The molecule has 28 heavy (non-hydrogen) atoms. The third-order valence-electron chi connectivity index (χ3n) is 5.01. The molecule has 0 bridgehead atoms. The highest BCUT2D eigenvalue weighted by molar-refractivity contribution is 6.30. The van der Waals surface area contributed by atoms with Gasteiger partial charge in [0.1, 0.15) is 5.82 Å². The van der Waals surface area contributed by atoms with E-state index in [1.165, 1.54) is 11.8 Å². The molecule has 0 saturated carbocycles. The van der Waals surface area contributed by atoms with E-state index in [1.54, 1.807) is 12.1 Å². The number of anilines is 2. The van der Waals surface area contributed by atoms with Crippen LogP contribution in [0.4, 0.5) is 11.5 Å². The Morgan fingerprint density at radius 2 is 2.00 bits per heavy atom. The van der Waals surface area contributed by atoms with Gasteiger partial charge < -0.3 is 10.6 Å².